The molecule has 0 amide bonds. The van der Waals surface area contributed by atoms with Crippen molar-refractivity contribution in [2.75, 3.05) is 0 Å². The molecule has 2 aromatic rings. The van der Waals surface area contributed by atoms with Crippen molar-refractivity contribution >= 4 is 16.7 Å². The number of rotatable bonds is 6. The monoisotopic (exact) mass is 268 g/mol. The Morgan fingerprint density at radius 3 is 2.75 bits per heavy atom. The maximum atomic E-state index is 11.7. The topological polar surface area (TPSA) is 26.3 Å². The van der Waals surface area contributed by atoms with Crippen molar-refractivity contribution in [2.45, 2.75) is 32.6 Å². The number of allylic oxidation sites excluding steroid dienone is 1. The van der Waals surface area contributed by atoms with Gasteiger partial charge in [-0.25, -0.2) is 0 Å². The molecule has 0 radical (unpaired) electrons. The minimum Gasteiger partial charge on any atom is -0.435 e. The van der Waals surface area contributed by atoms with Gasteiger partial charge in [-0.3, -0.25) is 4.79 Å². The summed E-state index contributed by atoms with van der Waals surface area (Å²) in [7, 11) is 0. The van der Waals surface area contributed by atoms with Gasteiger partial charge in [0.2, 0.25) is 0 Å². The van der Waals surface area contributed by atoms with Gasteiger partial charge in [0.1, 0.15) is 0 Å². The summed E-state index contributed by atoms with van der Waals surface area (Å²) in [4.78, 5) is 11.7. The average molecular weight is 268 g/mol. The predicted octanol–water partition coefficient (Wildman–Crippen LogP) is 4.63. The minimum absolute atomic E-state index is 0.215. The second-order valence-electron chi connectivity index (χ2n) is 4.86. The number of hydrogen-bond acceptors (Lipinski definition) is 2. The SMILES string of the molecule is CCCC/C=C/OC(=O)Cc1ccc2ccccc2c1. The van der Waals surface area contributed by atoms with Crippen LogP contribution in [-0.2, 0) is 16.0 Å². The maximum absolute atomic E-state index is 11.7. The van der Waals surface area contributed by atoms with E-state index in [0.29, 0.717) is 6.42 Å². The number of hydrogen-bond donors (Lipinski definition) is 0. The van der Waals surface area contributed by atoms with Gasteiger partial charge in [0, 0.05) is 0 Å². The summed E-state index contributed by atoms with van der Waals surface area (Å²) in [5.41, 5.74) is 0.982. The van der Waals surface area contributed by atoms with E-state index >= 15 is 0 Å². The maximum Gasteiger partial charge on any atom is 0.315 e. The predicted molar refractivity (Wildman–Crippen MR) is 82.4 cm³/mol. The van der Waals surface area contributed by atoms with Crippen LogP contribution in [0.25, 0.3) is 10.8 Å². The van der Waals surface area contributed by atoms with Crippen LogP contribution < -0.4 is 0 Å². The molecule has 104 valence electrons. The molecular formula is C18H20O2. The third kappa shape index (κ3) is 4.23. The van der Waals surface area contributed by atoms with Crippen LogP contribution in [0.5, 0.6) is 0 Å². The van der Waals surface area contributed by atoms with Gasteiger partial charge in [-0.2, -0.15) is 0 Å². The number of benzene rings is 2. The number of ether oxygens (including phenoxy) is 1. The van der Waals surface area contributed by atoms with E-state index in [-0.39, 0.29) is 5.97 Å². The lowest BCUT2D eigenvalue weighted by Crippen LogP contribution is -2.03. The van der Waals surface area contributed by atoms with Gasteiger partial charge in [0.25, 0.3) is 0 Å². The number of fused-ring (bicyclic) bond motifs is 1. The highest BCUT2D eigenvalue weighted by Crippen LogP contribution is 2.16. The third-order valence-electron chi connectivity index (χ3n) is 3.18. The van der Waals surface area contributed by atoms with E-state index in [0.717, 1.165) is 30.2 Å². The Balaban J connectivity index is 1.91. The first-order valence-corrected chi connectivity index (χ1v) is 7.12. The summed E-state index contributed by atoms with van der Waals surface area (Å²) >= 11 is 0. The molecule has 0 atom stereocenters. The van der Waals surface area contributed by atoms with Gasteiger partial charge in [-0.15, -0.1) is 0 Å². The zero-order chi connectivity index (χ0) is 14.2. The van der Waals surface area contributed by atoms with Gasteiger partial charge in [0.05, 0.1) is 12.7 Å². The summed E-state index contributed by atoms with van der Waals surface area (Å²) in [6.07, 6.45) is 6.96. The lowest BCUT2D eigenvalue weighted by atomic mass is 10.1. The summed E-state index contributed by atoms with van der Waals surface area (Å²) in [6.45, 7) is 2.14. The Hall–Kier alpha value is -2.09. The van der Waals surface area contributed by atoms with E-state index in [1.165, 1.54) is 11.6 Å². The first-order chi connectivity index (χ1) is 9.79. The highest BCUT2D eigenvalue weighted by molar-refractivity contribution is 5.84. The molecule has 2 rings (SSSR count). The van der Waals surface area contributed by atoms with Gasteiger partial charge >= 0.3 is 5.97 Å². The molecule has 0 aliphatic rings. The highest BCUT2D eigenvalue weighted by Gasteiger charge is 2.04. The van der Waals surface area contributed by atoms with Gasteiger partial charge in [-0.1, -0.05) is 55.8 Å². The Bertz CT molecular complexity index is 599. The van der Waals surface area contributed by atoms with Crippen LogP contribution in [0.3, 0.4) is 0 Å². The molecular weight excluding hydrogens is 248 g/mol. The summed E-state index contributed by atoms with van der Waals surface area (Å²) in [5, 5.41) is 2.33. The van der Waals surface area contributed by atoms with Gasteiger partial charge in [0.15, 0.2) is 0 Å². The fourth-order valence-corrected chi connectivity index (χ4v) is 2.07. The van der Waals surface area contributed by atoms with Crippen LogP contribution in [0.2, 0.25) is 0 Å². The van der Waals surface area contributed by atoms with Crippen molar-refractivity contribution in [1.29, 1.82) is 0 Å². The van der Waals surface area contributed by atoms with Crippen LogP contribution in [0.1, 0.15) is 31.7 Å². The molecule has 0 heterocycles. The Morgan fingerprint density at radius 1 is 1.15 bits per heavy atom. The largest absolute Gasteiger partial charge is 0.435 e. The number of carbonyl (C=O) groups excluding carboxylic acids is 1. The molecule has 0 fully saturated rings. The zero-order valence-electron chi connectivity index (χ0n) is 11.8. The quantitative estimate of drug-likeness (QED) is 0.434. The lowest BCUT2D eigenvalue weighted by Gasteiger charge is -2.03. The Kier molecular flexibility index (Phi) is 5.36. The number of unbranched alkanes of at least 4 members (excludes halogenated alkanes) is 2. The highest BCUT2D eigenvalue weighted by atomic mass is 16.5. The van der Waals surface area contributed by atoms with Crippen LogP contribution in [-0.4, -0.2) is 5.97 Å². The molecule has 2 heteroatoms. The van der Waals surface area contributed by atoms with Crippen LogP contribution in [0.4, 0.5) is 0 Å². The van der Waals surface area contributed by atoms with E-state index in [4.69, 9.17) is 4.74 Å². The first-order valence-electron chi connectivity index (χ1n) is 7.12. The zero-order valence-corrected chi connectivity index (χ0v) is 11.8. The molecule has 0 saturated heterocycles. The summed E-state index contributed by atoms with van der Waals surface area (Å²) in [6, 6.07) is 14.2. The van der Waals surface area contributed by atoms with Crippen LogP contribution >= 0.6 is 0 Å². The standard InChI is InChI=1S/C18H20O2/c1-2-3-4-7-12-20-18(19)14-15-10-11-16-8-5-6-9-17(16)13-15/h5-13H,2-4,14H2,1H3/b12-7+. The fourth-order valence-electron chi connectivity index (χ4n) is 2.07. The normalized spacial score (nSPS) is 11.1. The van der Waals surface area contributed by atoms with E-state index in [1.54, 1.807) is 0 Å². The average Bonchev–Trinajstić information content (AvgIpc) is 2.47. The summed E-state index contributed by atoms with van der Waals surface area (Å²) < 4.78 is 5.09. The van der Waals surface area contributed by atoms with Crippen LogP contribution in [0.15, 0.2) is 54.8 Å². The molecule has 0 unspecified atom stereocenters. The molecule has 0 spiro atoms. The minimum atomic E-state index is -0.215. The Morgan fingerprint density at radius 2 is 1.95 bits per heavy atom. The van der Waals surface area contributed by atoms with E-state index in [2.05, 4.69) is 19.1 Å². The second-order valence-corrected chi connectivity index (χ2v) is 4.86. The van der Waals surface area contributed by atoms with E-state index in [9.17, 15) is 4.79 Å². The number of carbonyl (C=O) groups is 1. The number of esters is 1. The van der Waals surface area contributed by atoms with E-state index < -0.39 is 0 Å². The Labute approximate surface area is 120 Å². The molecule has 20 heavy (non-hydrogen) atoms. The van der Waals surface area contributed by atoms with Crippen molar-refractivity contribution in [3.63, 3.8) is 0 Å². The molecule has 0 aromatic heterocycles. The van der Waals surface area contributed by atoms with Gasteiger partial charge in [-0.05, 0) is 35.3 Å². The lowest BCUT2D eigenvalue weighted by molar-refractivity contribution is -0.137. The fraction of sp³-hybridized carbons (Fsp3) is 0.278. The molecule has 2 nitrogen and oxygen atoms in total. The molecule has 0 saturated carbocycles. The molecule has 0 bridgehead atoms. The second kappa shape index (κ2) is 7.49. The molecule has 0 aliphatic carbocycles. The molecule has 2 aromatic carbocycles. The molecule has 0 aliphatic heterocycles. The van der Waals surface area contributed by atoms with Crippen molar-refractivity contribution < 1.29 is 9.53 Å². The van der Waals surface area contributed by atoms with E-state index in [1.807, 2.05) is 36.4 Å². The van der Waals surface area contributed by atoms with Crippen LogP contribution in [0, 0.1) is 0 Å². The van der Waals surface area contributed by atoms with Crippen molar-refractivity contribution in [3.05, 3.63) is 60.4 Å². The van der Waals surface area contributed by atoms with Gasteiger partial charge < -0.3 is 4.74 Å². The van der Waals surface area contributed by atoms with Crippen molar-refractivity contribution in [1.82, 2.24) is 0 Å². The molecule has 0 N–H and O–H groups in total. The first kappa shape index (κ1) is 14.3. The third-order valence-corrected chi connectivity index (χ3v) is 3.18. The smallest absolute Gasteiger partial charge is 0.315 e. The van der Waals surface area contributed by atoms with Crippen molar-refractivity contribution in [2.24, 2.45) is 0 Å². The van der Waals surface area contributed by atoms with Crippen molar-refractivity contribution in [3.8, 4) is 0 Å². The summed E-state index contributed by atoms with van der Waals surface area (Å²) in [5.74, 6) is -0.215.